The van der Waals surface area contributed by atoms with Gasteiger partial charge in [-0.1, -0.05) is 12.1 Å². The molecule has 0 fully saturated rings. The summed E-state index contributed by atoms with van der Waals surface area (Å²) in [5, 5.41) is 2.67. The molecule has 2 aromatic rings. The van der Waals surface area contributed by atoms with Gasteiger partial charge < -0.3 is 19.5 Å². The average Bonchev–Trinajstić information content (AvgIpc) is 2.67. The molecule has 2 aromatic carbocycles. The molecule has 0 radical (unpaired) electrons. The van der Waals surface area contributed by atoms with Gasteiger partial charge in [0.1, 0.15) is 0 Å². The van der Waals surface area contributed by atoms with E-state index in [2.05, 4.69) is 10.1 Å². The van der Waals surface area contributed by atoms with Crippen molar-refractivity contribution in [2.75, 3.05) is 24.8 Å². The van der Waals surface area contributed by atoms with E-state index in [-0.39, 0.29) is 23.7 Å². The molecule has 1 amide bonds. The number of ether oxygens (including phenoxy) is 3. The normalized spacial score (nSPS) is 10.5. The molecule has 0 aliphatic carbocycles. The quantitative estimate of drug-likeness (QED) is 0.492. The zero-order valence-corrected chi connectivity index (χ0v) is 16.1. The predicted octanol–water partition coefficient (Wildman–Crippen LogP) is 4.20. The fourth-order valence-corrected chi connectivity index (χ4v) is 2.80. The molecule has 9 heteroatoms. The number of carbonyl (C=O) groups is 2. The van der Waals surface area contributed by atoms with Crippen molar-refractivity contribution in [3.05, 3.63) is 48.0 Å². The van der Waals surface area contributed by atoms with Crippen LogP contribution in [0.3, 0.4) is 0 Å². The number of halogens is 2. The fourth-order valence-electron chi connectivity index (χ4n) is 2.25. The van der Waals surface area contributed by atoms with Gasteiger partial charge in [0.25, 0.3) is 5.91 Å². The molecule has 0 atom stereocenters. The molecule has 150 valence electrons. The number of hydrogen-bond acceptors (Lipinski definition) is 6. The van der Waals surface area contributed by atoms with Crippen molar-refractivity contribution in [2.24, 2.45) is 0 Å². The number of alkyl halides is 2. The molecule has 0 aliphatic heterocycles. The molecule has 0 bridgehead atoms. The third kappa shape index (κ3) is 6.12. The number of esters is 1. The van der Waals surface area contributed by atoms with Crippen LogP contribution in [0.2, 0.25) is 0 Å². The summed E-state index contributed by atoms with van der Waals surface area (Å²) in [6.45, 7) is -1.67. The minimum Gasteiger partial charge on any atom is -0.490 e. The predicted molar refractivity (Wildman–Crippen MR) is 101 cm³/mol. The summed E-state index contributed by atoms with van der Waals surface area (Å²) < 4.78 is 39.4. The van der Waals surface area contributed by atoms with Crippen molar-refractivity contribution in [3.8, 4) is 11.5 Å². The SMILES string of the molecule is CCOc1cc(C(=O)OCC(=O)Nc2ccccc2SC)ccc1OC(F)F. The van der Waals surface area contributed by atoms with Crippen molar-refractivity contribution in [1.82, 2.24) is 0 Å². The Balaban J connectivity index is 2.00. The molecule has 28 heavy (non-hydrogen) atoms. The molecule has 0 spiro atoms. The third-order valence-electron chi connectivity index (χ3n) is 3.41. The number of hydrogen-bond donors (Lipinski definition) is 1. The fraction of sp³-hybridized carbons (Fsp3) is 0.263. The zero-order valence-electron chi connectivity index (χ0n) is 15.2. The number of benzene rings is 2. The van der Waals surface area contributed by atoms with Crippen LogP contribution in [0.5, 0.6) is 11.5 Å². The van der Waals surface area contributed by atoms with Gasteiger partial charge in [0.05, 0.1) is 17.9 Å². The second-order valence-corrected chi connectivity index (χ2v) is 6.15. The van der Waals surface area contributed by atoms with E-state index < -0.39 is 25.1 Å². The Morgan fingerprint density at radius 2 is 1.89 bits per heavy atom. The van der Waals surface area contributed by atoms with E-state index in [4.69, 9.17) is 9.47 Å². The monoisotopic (exact) mass is 411 g/mol. The van der Waals surface area contributed by atoms with Crippen molar-refractivity contribution in [3.63, 3.8) is 0 Å². The van der Waals surface area contributed by atoms with Gasteiger partial charge in [0.15, 0.2) is 18.1 Å². The molecule has 6 nitrogen and oxygen atoms in total. The Morgan fingerprint density at radius 1 is 1.14 bits per heavy atom. The number of thioether (sulfide) groups is 1. The first kappa shape index (κ1) is 21.5. The van der Waals surface area contributed by atoms with E-state index in [0.717, 1.165) is 4.90 Å². The van der Waals surface area contributed by atoms with Crippen LogP contribution < -0.4 is 14.8 Å². The number of amides is 1. The number of rotatable bonds is 9. The summed E-state index contributed by atoms with van der Waals surface area (Å²) >= 11 is 1.47. The zero-order chi connectivity index (χ0) is 20.5. The van der Waals surface area contributed by atoms with Gasteiger partial charge >= 0.3 is 12.6 Å². The van der Waals surface area contributed by atoms with E-state index in [1.54, 1.807) is 19.1 Å². The Bertz CT molecular complexity index is 832. The molecular weight excluding hydrogens is 392 g/mol. The van der Waals surface area contributed by atoms with Crippen molar-refractivity contribution >= 4 is 29.3 Å². The summed E-state index contributed by atoms with van der Waals surface area (Å²) in [6.07, 6.45) is 1.88. The smallest absolute Gasteiger partial charge is 0.387 e. The van der Waals surface area contributed by atoms with Gasteiger partial charge in [-0.3, -0.25) is 4.79 Å². The van der Waals surface area contributed by atoms with Gasteiger partial charge in [-0.2, -0.15) is 8.78 Å². The molecular formula is C19H19F2NO5S. The van der Waals surface area contributed by atoms with E-state index >= 15 is 0 Å². The molecule has 0 aliphatic rings. The maximum absolute atomic E-state index is 12.4. The van der Waals surface area contributed by atoms with Gasteiger partial charge in [-0.15, -0.1) is 11.8 Å². The lowest BCUT2D eigenvalue weighted by Gasteiger charge is -2.13. The summed E-state index contributed by atoms with van der Waals surface area (Å²) in [7, 11) is 0. The number of para-hydroxylation sites is 1. The molecule has 2 rings (SSSR count). The van der Waals surface area contributed by atoms with Crippen LogP contribution in [0.4, 0.5) is 14.5 Å². The van der Waals surface area contributed by atoms with Gasteiger partial charge in [0.2, 0.25) is 0 Å². The number of anilines is 1. The van der Waals surface area contributed by atoms with Crippen molar-refractivity contribution in [1.29, 1.82) is 0 Å². The highest BCUT2D eigenvalue weighted by molar-refractivity contribution is 7.98. The van der Waals surface area contributed by atoms with Gasteiger partial charge in [-0.05, 0) is 43.5 Å². The number of carbonyl (C=O) groups excluding carboxylic acids is 2. The molecule has 0 aromatic heterocycles. The molecule has 1 N–H and O–H groups in total. The molecule has 0 heterocycles. The third-order valence-corrected chi connectivity index (χ3v) is 4.21. The Hall–Kier alpha value is -2.81. The van der Waals surface area contributed by atoms with E-state index in [0.29, 0.717) is 5.69 Å². The van der Waals surface area contributed by atoms with E-state index in [1.807, 2.05) is 18.4 Å². The first-order valence-corrected chi connectivity index (χ1v) is 9.48. The minimum absolute atomic E-state index is 0.0180. The van der Waals surface area contributed by atoms with Crippen LogP contribution in [0, 0.1) is 0 Å². The largest absolute Gasteiger partial charge is 0.490 e. The van der Waals surface area contributed by atoms with Gasteiger partial charge in [-0.25, -0.2) is 4.79 Å². The first-order chi connectivity index (χ1) is 13.4. The molecule has 0 unspecified atom stereocenters. The lowest BCUT2D eigenvalue weighted by molar-refractivity contribution is -0.119. The number of nitrogens with one attached hydrogen (secondary N) is 1. The highest BCUT2D eigenvalue weighted by Crippen LogP contribution is 2.30. The lowest BCUT2D eigenvalue weighted by Crippen LogP contribution is -2.21. The maximum atomic E-state index is 12.4. The van der Waals surface area contributed by atoms with E-state index in [9.17, 15) is 18.4 Å². The lowest BCUT2D eigenvalue weighted by atomic mass is 10.2. The van der Waals surface area contributed by atoms with Crippen LogP contribution >= 0.6 is 11.8 Å². The highest BCUT2D eigenvalue weighted by atomic mass is 32.2. The van der Waals surface area contributed by atoms with Crippen LogP contribution in [-0.2, 0) is 9.53 Å². The van der Waals surface area contributed by atoms with Crippen LogP contribution in [0.25, 0.3) is 0 Å². The Labute approximate surface area is 165 Å². The van der Waals surface area contributed by atoms with Crippen LogP contribution in [0.1, 0.15) is 17.3 Å². The summed E-state index contributed by atoms with van der Waals surface area (Å²) in [5.74, 6) is -1.51. The van der Waals surface area contributed by atoms with Crippen LogP contribution in [-0.4, -0.2) is 38.0 Å². The Morgan fingerprint density at radius 3 is 2.57 bits per heavy atom. The molecule has 0 saturated carbocycles. The second kappa shape index (κ2) is 10.5. The van der Waals surface area contributed by atoms with Crippen LogP contribution in [0.15, 0.2) is 47.4 Å². The maximum Gasteiger partial charge on any atom is 0.387 e. The summed E-state index contributed by atoms with van der Waals surface area (Å²) in [4.78, 5) is 25.1. The first-order valence-electron chi connectivity index (χ1n) is 8.26. The second-order valence-electron chi connectivity index (χ2n) is 5.30. The molecule has 0 saturated heterocycles. The van der Waals surface area contributed by atoms with Crippen molar-refractivity contribution in [2.45, 2.75) is 18.4 Å². The minimum atomic E-state index is -3.02. The topological polar surface area (TPSA) is 73.9 Å². The van der Waals surface area contributed by atoms with Crippen molar-refractivity contribution < 1.29 is 32.6 Å². The standard InChI is InChI=1S/C19H19F2NO5S/c1-3-25-15-10-12(8-9-14(15)27-19(20)21)18(24)26-11-17(23)22-13-6-4-5-7-16(13)28-2/h4-10,19H,3,11H2,1-2H3,(H,22,23). The average molecular weight is 411 g/mol. The Kier molecular flexibility index (Phi) is 8.06. The van der Waals surface area contributed by atoms with E-state index in [1.165, 1.54) is 30.0 Å². The highest BCUT2D eigenvalue weighted by Gasteiger charge is 2.16. The van der Waals surface area contributed by atoms with Gasteiger partial charge in [0, 0.05) is 4.90 Å². The summed E-state index contributed by atoms with van der Waals surface area (Å²) in [5.41, 5.74) is 0.658. The summed E-state index contributed by atoms with van der Waals surface area (Å²) in [6, 6.07) is 10.9.